The molecule has 33 heavy (non-hydrogen) atoms. The van der Waals surface area contributed by atoms with E-state index in [0.717, 1.165) is 0 Å². The van der Waals surface area contributed by atoms with E-state index in [0.29, 0.717) is 40.0 Å². The van der Waals surface area contributed by atoms with Gasteiger partial charge in [-0.25, -0.2) is 14.4 Å². The molecule has 0 saturated carbocycles. The molecular formula is C25H22O8. The van der Waals surface area contributed by atoms with Crippen molar-refractivity contribution in [2.24, 2.45) is 0 Å². The van der Waals surface area contributed by atoms with Crippen LogP contribution in [0.15, 0.2) is 67.0 Å². The summed E-state index contributed by atoms with van der Waals surface area (Å²) in [6.45, 7) is 5.46. The Bertz CT molecular complexity index is 1440. The van der Waals surface area contributed by atoms with Crippen LogP contribution >= 0.6 is 0 Å². The topological polar surface area (TPSA) is 105 Å². The maximum atomic E-state index is 12.8. The highest BCUT2D eigenvalue weighted by Crippen LogP contribution is 2.31. The van der Waals surface area contributed by atoms with Gasteiger partial charge in [0, 0.05) is 28.5 Å². The van der Waals surface area contributed by atoms with E-state index in [1.54, 1.807) is 50.2 Å². The van der Waals surface area contributed by atoms with Gasteiger partial charge in [-0.15, -0.1) is 0 Å². The third-order valence-corrected chi connectivity index (χ3v) is 4.75. The third kappa shape index (κ3) is 4.74. The van der Waals surface area contributed by atoms with Gasteiger partial charge in [-0.2, -0.15) is 0 Å². The Morgan fingerprint density at radius 2 is 1.79 bits per heavy atom. The van der Waals surface area contributed by atoms with Crippen molar-refractivity contribution in [2.45, 2.75) is 26.9 Å². The summed E-state index contributed by atoms with van der Waals surface area (Å²) < 4.78 is 26.9. The molecule has 0 unspecified atom stereocenters. The number of para-hydroxylation sites is 1. The van der Waals surface area contributed by atoms with Crippen LogP contribution in [0.1, 0.15) is 20.8 Å². The van der Waals surface area contributed by atoms with Gasteiger partial charge in [0.25, 0.3) is 0 Å². The molecule has 4 aromatic rings. The van der Waals surface area contributed by atoms with Crippen LogP contribution in [0.25, 0.3) is 33.1 Å². The van der Waals surface area contributed by atoms with Crippen molar-refractivity contribution in [3.05, 3.63) is 69.4 Å². The fourth-order valence-corrected chi connectivity index (χ4v) is 3.47. The van der Waals surface area contributed by atoms with Crippen molar-refractivity contribution in [2.75, 3.05) is 13.2 Å². The Labute approximate surface area is 188 Å². The summed E-state index contributed by atoms with van der Waals surface area (Å²) in [7, 11) is 0. The molecule has 0 amide bonds. The molecule has 0 saturated heterocycles. The van der Waals surface area contributed by atoms with Crippen molar-refractivity contribution in [3.8, 4) is 22.6 Å². The van der Waals surface area contributed by atoms with E-state index in [9.17, 15) is 14.4 Å². The number of hydrogen-bond acceptors (Lipinski definition) is 8. The summed E-state index contributed by atoms with van der Waals surface area (Å²) in [5, 5.41) is 1.17. The first-order chi connectivity index (χ1) is 15.9. The van der Waals surface area contributed by atoms with Crippen LogP contribution in [0.3, 0.4) is 0 Å². The Kier molecular flexibility index (Phi) is 6.17. The van der Waals surface area contributed by atoms with E-state index in [1.165, 1.54) is 12.1 Å². The first-order valence-corrected chi connectivity index (χ1v) is 10.5. The molecule has 170 valence electrons. The maximum Gasteiger partial charge on any atom is 0.344 e. The van der Waals surface area contributed by atoms with Gasteiger partial charge in [-0.1, -0.05) is 12.1 Å². The molecule has 0 aliphatic carbocycles. The van der Waals surface area contributed by atoms with Gasteiger partial charge in [-0.3, -0.25) is 0 Å². The highest BCUT2D eigenvalue weighted by atomic mass is 16.6. The molecule has 0 N–H and O–H groups in total. The van der Waals surface area contributed by atoms with Crippen molar-refractivity contribution in [1.82, 2.24) is 0 Å². The van der Waals surface area contributed by atoms with Crippen molar-refractivity contribution >= 4 is 27.9 Å². The number of hydrogen-bond donors (Lipinski definition) is 0. The molecular weight excluding hydrogens is 428 g/mol. The van der Waals surface area contributed by atoms with Crippen LogP contribution in [-0.2, 0) is 9.53 Å². The van der Waals surface area contributed by atoms with E-state index in [2.05, 4.69) is 0 Å². The Balaban J connectivity index is 1.76. The molecule has 0 aliphatic heterocycles. The zero-order chi connectivity index (χ0) is 23.5. The number of carbonyl (C=O) groups excluding carboxylic acids is 1. The number of benzene rings is 2. The van der Waals surface area contributed by atoms with Crippen molar-refractivity contribution in [3.63, 3.8) is 0 Å². The van der Waals surface area contributed by atoms with Gasteiger partial charge in [0.15, 0.2) is 17.9 Å². The zero-order valence-corrected chi connectivity index (χ0v) is 18.4. The molecule has 0 spiro atoms. The van der Waals surface area contributed by atoms with E-state index >= 15 is 0 Å². The number of esters is 1. The van der Waals surface area contributed by atoms with Crippen LogP contribution in [0.5, 0.6) is 11.5 Å². The fourth-order valence-electron chi connectivity index (χ4n) is 3.47. The Hall–Kier alpha value is -4.07. The molecule has 0 radical (unpaired) electrons. The lowest BCUT2D eigenvalue weighted by Gasteiger charge is -2.11. The monoisotopic (exact) mass is 450 g/mol. The average Bonchev–Trinajstić information content (AvgIpc) is 2.76. The molecule has 2 aromatic heterocycles. The molecule has 0 bridgehead atoms. The van der Waals surface area contributed by atoms with Gasteiger partial charge in [0.1, 0.15) is 11.3 Å². The quantitative estimate of drug-likeness (QED) is 0.303. The molecule has 0 atom stereocenters. The lowest BCUT2D eigenvalue weighted by Crippen LogP contribution is -2.18. The smallest absolute Gasteiger partial charge is 0.344 e. The molecule has 8 heteroatoms. The lowest BCUT2D eigenvalue weighted by molar-refractivity contribution is -0.149. The second-order valence-corrected chi connectivity index (χ2v) is 7.52. The average molecular weight is 450 g/mol. The number of fused-ring (bicyclic) bond motifs is 2. The summed E-state index contributed by atoms with van der Waals surface area (Å²) in [4.78, 5) is 36.8. The largest absolute Gasteiger partial charge is 0.490 e. The fraction of sp³-hybridized carbons (Fsp3) is 0.240. The van der Waals surface area contributed by atoms with E-state index in [-0.39, 0.29) is 23.9 Å². The zero-order valence-electron chi connectivity index (χ0n) is 18.4. The molecule has 2 aromatic carbocycles. The highest BCUT2D eigenvalue weighted by molar-refractivity contribution is 5.96. The minimum atomic E-state index is -0.642. The summed E-state index contributed by atoms with van der Waals surface area (Å²) in [6, 6.07) is 13.0. The molecule has 4 rings (SSSR count). The van der Waals surface area contributed by atoms with E-state index in [4.69, 9.17) is 23.0 Å². The summed E-state index contributed by atoms with van der Waals surface area (Å²) in [5.74, 6) is 0.268. The Morgan fingerprint density at radius 3 is 2.55 bits per heavy atom. The van der Waals surface area contributed by atoms with Crippen LogP contribution in [0.2, 0.25) is 0 Å². The third-order valence-electron chi connectivity index (χ3n) is 4.75. The first-order valence-electron chi connectivity index (χ1n) is 10.5. The van der Waals surface area contributed by atoms with Crippen LogP contribution < -0.4 is 20.7 Å². The number of carbonyl (C=O) groups is 1. The second kappa shape index (κ2) is 9.20. The highest BCUT2D eigenvalue weighted by Gasteiger charge is 2.16. The predicted octanol–water partition coefficient (Wildman–Crippen LogP) is 4.30. The van der Waals surface area contributed by atoms with Crippen LogP contribution in [-0.4, -0.2) is 25.3 Å². The van der Waals surface area contributed by atoms with E-state index in [1.807, 2.05) is 6.92 Å². The minimum absolute atomic E-state index is 0.204. The van der Waals surface area contributed by atoms with Gasteiger partial charge >= 0.3 is 17.2 Å². The maximum absolute atomic E-state index is 12.8. The number of rotatable bonds is 7. The minimum Gasteiger partial charge on any atom is -0.490 e. The Morgan fingerprint density at radius 1 is 0.970 bits per heavy atom. The van der Waals surface area contributed by atoms with Crippen molar-refractivity contribution in [1.29, 1.82) is 0 Å². The van der Waals surface area contributed by atoms with Crippen LogP contribution in [0, 0.1) is 0 Å². The second-order valence-electron chi connectivity index (χ2n) is 7.52. The van der Waals surface area contributed by atoms with Gasteiger partial charge in [-0.05, 0) is 45.0 Å². The number of ether oxygens (including phenoxy) is 3. The van der Waals surface area contributed by atoms with Gasteiger partial charge in [0.05, 0.1) is 18.3 Å². The van der Waals surface area contributed by atoms with Gasteiger partial charge < -0.3 is 23.0 Å². The standard InChI is InChI=1S/C25H22O8/c1-4-29-20-7-5-6-15-10-19(25(28)33-24(15)20)18-12-22(26)32-21-11-16(8-9-17(18)21)30-13-23(27)31-14(2)3/h5-12,14H,4,13H2,1-3H3. The molecule has 2 heterocycles. The summed E-state index contributed by atoms with van der Waals surface area (Å²) in [5.41, 5.74) is -0.137. The molecule has 0 fully saturated rings. The normalized spacial score (nSPS) is 11.2. The summed E-state index contributed by atoms with van der Waals surface area (Å²) >= 11 is 0. The first kappa shape index (κ1) is 22.1. The van der Waals surface area contributed by atoms with Crippen molar-refractivity contribution < 1.29 is 27.8 Å². The lowest BCUT2D eigenvalue weighted by atomic mass is 10.0. The molecule has 8 nitrogen and oxygen atoms in total. The predicted molar refractivity (Wildman–Crippen MR) is 122 cm³/mol. The molecule has 0 aliphatic rings. The van der Waals surface area contributed by atoms with Gasteiger partial charge in [0.2, 0.25) is 0 Å². The van der Waals surface area contributed by atoms with E-state index < -0.39 is 17.2 Å². The summed E-state index contributed by atoms with van der Waals surface area (Å²) in [6.07, 6.45) is -0.253. The van der Waals surface area contributed by atoms with Crippen LogP contribution in [0.4, 0.5) is 0 Å². The SMILES string of the molecule is CCOc1cccc2cc(-c3cc(=O)oc4cc(OCC(=O)OC(C)C)ccc34)c(=O)oc12.